The van der Waals surface area contributed by atoms with Crippen LogP contribution >= 0.6 is 11.6 Å². The molecular weight excluding hydrogens is 488 g/mol. The van der Waals surface area contributed by atoms with Gasteiger partial charge in [0.1, 0.15) is 6.54 Å². The number of aryl methyl sites for hydroxylation is 2. The van der Waals surface area contributed by atoms with Crippen molar-refractivity contribution in [3.63, 3.8) is 0 Å². The number of ether oxygens (including phenoxy) is 1. The number of hydrogen-bond donors (Lipinski definition) is 0. The van der Waals surface area contributed by atoms with Gasteiger partial charge < -0.3 is 9.64 Å². The van der Waals surface area contributed by atoms with Crippen molar-refractivity contribution >= 4 is 29.1 Å². The lowest BCUT2D eigenvalue weighted by Crippen LogP contribution is -2.47. The first kappa shape index (κ1) is 25.9. The Labute approximate surface area is 224 Å². The van der Waals surface area contributed by atoms with Gasteiger partial charge in [-0.1, -0.05) is 35.9 Å². The second-order valence-electron chi connectivity index (χ2n) is 10.3. The second kappa shape index (κ2) is 11.3. The number of carbonyl (C=O) groups excluding carboxylic acids is 2. The van der Waals surface area contributed by atoms with E-state index in [2.05, 4.69) is 36.9 Å². The fourth-order valence-corrected chi connectivity index (χ4v) is 5.08. The molecule has 0 spiro atoms. The second-order valence-corrected chi connectivity index (χ2v) is 10.8. The SMILES string of the molecule is Cc1ccc(C2=NN(C(=O)CN(CCN3CCOCC3)C(=O)C3CC3)[C@H](c3ccc(Cl)cc3)C2)cc1C. The molecule has 196 valence electrons. The zero-order chi connectivity index (χ0) is 25.9. The minimum absolute atomic E-state index is 0.0352. The summed E-state index contributed by atoms with van der Waals surface area (Å²) >= 11 is 6.15. The van der Waals surface area contributed by atoms with E-state index >= 15 is 0 Å². The van der Waals surface area contributed by atoms with Gasteiger partial charge in [-0.25, -0.2) is 5.01 Å². The van der Waals surface area contributed by atoms with Gasteiger partial charge in [0.05, 0.1) is 25.0 Å². The molecular formula is C29H35ClN4O3. The molecule has 2 aromatic carbocycles. The molecule has 37 heavy (non-hydrogen) atoms. The quantitative estimate of drug-likeness (QED) is 0.521. The molecule has 0 unspecified atom stereocenters. The predicted molar refractivity (Wildman–Crippen MR) is 145 cm³/mol. The van der Waals surface area contributed by atoms with Crippen molar-refractivity contribution in [2.24, 2.45) is 11.0 Å². The summed E-state index contributed by atoms with van der Waals surface area (Å²) in [4.78, 5) is 30.9. The smallest absolute Gasteiger partial charge is 0.262 e. The third kappa shape index (κ3) is 6.22. The molecule has 1 saturated heterocycles. The van der Waals surface area contributed by atoms with Crippen molar-refractivity contribution in [2.75, 3.05) is 45.9 Å². The van der Waals surface area contributed by atoms with Crippen molar-refractivity contribution < 1.29 is 14.3 Å². The van der Waals surface area contributed by atoms with Crippen LogP contribution in [-0.4, -0.2) is 78.3 Å². The molecule has 1 aliphatic carbocycles. The average Bonchev–Trinajstić information content (AvgIpc) is 3.67. The highest BCUT2D eigenvalue weighted by Gasteiger charge is 2.38. The Hall–Kier alpha value is -2.74. The highest BCUT2D eigenvalue weighted by atomic mass is 35.5. The third-order valence-electron chi connectivity index (χ3n) is 7.62. The Bertz CT molecular complexity index is 1170. The largest absolute Gasteiger partial charge is 0.379 e. The van der Waals surface area contributed by atoms with E-state index in [0.29, 0.717) is 31.2 Å². The van der Waals surface area contributed by atoms with E-state index in [-0.39, 0.29) is 30.3 Å². The minimum Gasteiger partial charge on any atom is -0.379 e. The van der Waals surface area contributed by atoms with Gasteiger partial charge >= 0.3 is 0 Å². The Morgan fingerprint density at radius 1 is 1.05 bits per heavy atom. The highest BCUT2D eigenvalue weighted by molar-refractivity contribution is 6.30. The number of morpholine rings is 1. The maximum atomic E-state index is 13.8. The molecule has 0 N–H and O–H groups in total. The maximum absolute atomic E-state index is 13.8. The van der Waals surface area contributed by atoms with Gasteiger partial charge in [0.25, 0.3) is 5.91 Å². The van der Waals surface area contributed by atoms with Crippen molar-refractivity contribution in [1.82, 2.24) is 14.8 Å². The number of halogens is 1. The number of hydrogen-bond acceptors (Lipinski definition) is 5. The first-order valence-electron chi connectivity index (χ1n) is 13.2. The minimum atomic E-state index is -0.238. The monoisotopic (exact) mass is 522 g/mol. The standard InChI is InChI=1S/C29H35ClN4O3/c1-20-3-4-24(17-21(20)2)26-18-27(22-7-9-25(30)10-8-22)34(31-26)28(35)19-33(29(36)23-5-6-23)12-11-32-13-15-37-16-14-32/h3-4,7-10,17,23,27H,5-6,11-16,18-19H2,1-2H3/t27-/m0/s1. The summed E-state index contributed by atoms with van der Waals surface area (Å²) in [5.41, 5.74) is 5.30. The highest BCUT2D eigenvalue weighted by Crippen LogP contribution is 2.35. The van der Waals surface area contributed by atoms with Crippen molar-refractivity contribution in [2.45, 2.75) is 39.2 Å². The molecule has 1 atom stereocenters. The van der Waals surface area contributed by atoms with E-state index in [1.54, 1.807) is 9.91 Å². The van der Waals surface area contributed by atoms with Crippen LogP contribution in [0, 0.1) is 19.8 Å². The van der Waals surface area contributed by atoms with Gasteiger partial charge in [0.15, 0.2) is 0 Å². The number of hydrazone groups is 1. The molecule has 0 bridgehead atoms. The normalized spacial score (nSPS) is 20.1. The third-order valence-corrected chi connectivity index (χ3v) is 7.87. The molecule has 7 nitrogen and oxygen atoms in total. The summed E-state index contributed by atoms with van der Waals surface area (Å²) in [6.07, 6.45) is 2.43. The fraction of sp³-hybridized carbons (Fsp3) is 0.483. The topological polar surface area (TPSA) is 65.5 Å². The fourth-order valence-electron chi connectivity index (χ4n) is 4.96. The molecule has 2 aromatic rings. The van der Waals surface area contributed by atoms with Gasteiger partial charge in [-0.2, -0.15) is 5.10 Å². The lowest BCUT2D eigenvalue weighted by atomic mass is 9.96. The molecule has 2 heterocycles. The summed E-state index contributed by atoms with van der Waals surface area (Å²) in [6, 6.07) is 13.7. The summed E-state index contributed by atoms with van der Waals surface area (Å²) in [5.74, 6) is -0.0188. The molecule has 2 amide bonds. The molecule has 2 aliphatic heterocycles. The van der Waals surface area contributed by atoms with E-state index < -0.39 is 0 Å². The molecule has 2 fully saturated rings. The van der Waals surface area contributed by atoms with Crippen LogP contribution < -0.4 is 0 Å². The predicted octanol–water partition coefficient (Wildman–Crippen LogP) is 4.21. The van der Waals surface area contributed by atoms with Crippen LogP contribution in [0.5, 0.6) is 0 Å². The number of rotatable bonds is 8. The van der Waals surface area contributed by atoms with Crippen molar-refractivity contribution in [3.05, 3.63) is 69.7 Å². The van der Waals surface area contributed by atoms with Crippen LogP contribution in [0.4, 0.5) is 0 Å². The average molecular weight is 523 g/mol. The van der Waals surface area contributed by atoms with Crippen LogP contribution in [0.15, 0.2) is 47.6 Å². The van der Waals surface area contributed by atoms with Crippen LogP contribution in [-0.2, 0) is 14.3 Å². The number of carbonyl (C=O) groups is 2. The van der Waals surface area contributed by atoms with Crippen molar-refractivity contribution in [1.29, 1.82) is 0 Å². The van der Waals surface area contributed by atoms with E-state index in [1.807, 2.05) is 24.3 Å². The Kier molecular flexibility index (Phi) is 7.93. The Morgan fingerprint density at radius 2 is 1.78 bits per heavy atom. The lowest BCUT2D eigenvalue weighted by molar-refractivity contribution is -0.142. The van der Waals surface area contributed by atoms with Gasteiger partial charge in [0.2, 0.25) is 5.91 Å². The van der Waals surface area contributed by atoms with E-state index in [0.717, 1.165) is 49.3 Å². The Balaban J connectivity index is 1.37. The van der Waals surface area contributed by atoms with E-state index in [1.165, 1.54) is 11.1 Å². The lowest BCUT2D eigenvalue weighted by Gasteiger charge is -2.31. The first-order valence-corrected chi connectivity index (χ1v) is 13.6. The molecule has 3 aliphatic rings. The van der Waals surface area contributed by atoms with Crippen LogP contribution in [0.25, 0.3) is 0 Å². The molecule has 5 rings (SSSR count). The molecule has 0 aromatic heterocycles. The Morgan fingerprint density at radius 3 is 2.46 bits per heavy atom. The van der Waals surface area contributed by atoms with Crippen LogP contribution in [0.3, 0.4) is 0 Å². The van der Waals surface area contributed by atoms with Crippen LogP contribution in [0.1, 0.15) is 47.6 Å². The first-order chi connectivity index (χ1) is 17.9. The van der Waals surface area contributed by atoms with Gasteiger partial charge in [-0.15, -0.1) is 0 Å². The van der Waals surface area contributed by atoms with E-state index in [9.17, 15) is 9.59 Å². The number of amides is 2. The molecule has 0 radical (unpaired) electrons. The molecule has 1 saturated carbocycles. The van der Waals surface area contributed by atoms with Gasteiger partial charge in [-0.3, -0.25) is 14.5 Å². The summed E-state index contributed by atoms with van der Waals surface area (Å²) in [7, 11) is 0. The maximum Gasteiger partial charge on any atom is 0.262 e. The summed E-state index contributed by atoms with van der Waals surface area (Å²) < 4.78 is 5.45. The van der Waals surface area contributed by atoms with Crippen molar-refractivity contribution in [3.8, 4) is 0 Å². The molecule has 8 heteroatoms. The number of benzene rings is 2. The summed E-state index contributed by atoms with van der Waals surface area (Å²) in [5, 5.41) is 7.08. The zero-order valence-corrected chi connectivity index (χ0v) is 22.4. The zero-order valence-electron chi connectivity index (χ0n) is 21.7. The van der Waals surface area contributed by atoms with Gasteiger partial charge in [-0.05, 0) is 67.1 Å². The number of nitrogens with zero attached hydrogens (tertiary/aromatic N) is 4. The summed E-state index contributed by atoms with van der Waals surface area (Å²) in [6.45, 7) is 8.62. The van der Waals surface area contributed by atoms with E-state index in [4.69, 9.17) is 21.4 Å². The van der Waals surface area contributed by atoms with Gasteiger partial charge in [0, 0.05) is 43.5 Å². The van der Waals surface area contributed by atoms with Crippen LogP contribution in [0.2, 0.25) is 5.02 Å².